The quantitative estimate of drug-likeness (QED) is 0.506. The van der Waals surface area contributed by atoms with E-state index in [1.807, 2.05) is 0 Å². The molecule has 3 aromatic rings. The average Bonchev–Trinajstić information content (AvgIpc) is 3.48. The van der Waals surface area contributed by atoms with Gasteiger partial charge in [-0.25, -0.2) is 4.39 Å². The van der Waals surface area contributed by atoms with Crippen molar-refractivity contribution in [3.05, 3.63) is 52.2 Å². The molecule has 0 aliphatic heterocycles. The molecule has 1 aliphatic carbocycles. The minimum Gasteiger partial charge on any atom is -0.379 e. The summed E-state index contributed by atoms with van der Waals surface area (Å²) in [4.78, 5) is 15.0. The zero-order valence-corrected chi connectivity index (χ0v) is 15.9. The van der Waals surface area contributed by atoms with E-state index in [2.05, 4.69) is 21.5 Å². The van der Waals surface area contributed by atoms with E-state index in [0.29, 0.717) is 5.52 Å². The van der Waals surface area contributed by atoms with Crippen LogP contribution in [0.1, 0.15) is 37.0 Å². The molecule has 0 radical (unpaired) electrons. The molecule has 1 aromatic carbocycles. The van der Waals surface area contributed by atoms with E-state index < -0.39 is 29.2 Å². The third kappa shape index (κ3) is 3.98. The highest BCUT2D eigenvalue weighted by atomic mass is 19.4. The Bertz CT molecular complexity index is 1220. The van der Waals surface area contributed by atoms with Crippen LogP contribution in [-0.4, -0.2) is 26.0 Å². The molecule has 0 bridgehead atoms. The molecule has 2 aromatic heterocycles. The number of aliphatic hydroxyl groups excluding tert-OH is 1. The molecule has 1 unspecified atom stereocenters. The molecule has 31 heavy (non-hydrogen) atoms. The first kappa shape index (κ1) is 20.9. The Morgan fingerprint density at radius 3 is 2.71 bits per heavy atom. The van der Waals surface area contributed by atoms with Gasteiger partial charge in [-0.2, -0.15) is 23.5 Å². The number of nitriles is 1. The molecular weight excluding hydrogens is 418 g/mol. The SMILES string of the molecule is N#CCC(C1CC1)n1nc(Nc2ccc([C@H](O)C(F)(F)F)c(F)c2)c2c(=O)[nH]ccc21. The Morgan fingerprint density at radius 2 is 2.10 bits per heavy atom. The summed E-state index contributed by atoms with van der Waals surface area (Å²) >= 11 is 0. The van der Waals surface area contributed by atoms with Crippen LogP contribution >= 0.6 is 0 Å². The van der Waals surface area contributed by atoms with E-state index in [1.165, 1.54) is 6.20 Å². The van der Waals surface area contributed by atoms with Gasteiger partial charge < -0.3 is 15.4 Å². The zero-order valence-electron chi connectivity index (χ0n) is 15.9. The van der Waals surface area contributed by atoms with E-state index >= 15 is 0 Å². The van der Waals surface area contributed by atoms with Gasteiger partial charge in [-0.3, -0.25) is 9.48 Å². The monoisotopic (exact) mass is 435 g/mol. The molecule has 4 rings (SSSR count). The molecule has 0 amide bonds. The second-order valence-electron chi connectivity index (χ2n) is 7.43. The topological polar surface area (TPSA) is 107 Å². The van der Waals surface area contributed by atoms with Crippen molar-refractivity contribution in [2.75, 3.05) is 5.32 Å². The maximum Gasteiger partial charge on any atom is 0.418 e. The smallest absolute Gasteiger partial charge is 0.379 e. The second-order valence-corrected chi connectivity index (χ2v) is 7.43. The van der Waals surface area contributed by atoms with Crippen LogP contribution in [0.25, 0.3) is 10.9 Å². The van der Waals surface area contributed by atoms with E-state index in [4.69, 9.17) is 0 Å². The van der Waals surface area contributed by atoms with Gasteiger partial charge in [0.1, 0.15) is 11.2 Å². The fraction of sp³-hybridized carbons (Fsp3) is 0.350. The number of halogens is 4. The number of hydrogen-bond acceptors (Lipinski definition) is 5. The van der Waals surface area contributed by atoms with Crippen LogP contribution in [0, 0.1) is 23.1 Å². The van der Waals surface area contributed by atoms with Crippen molar-refractivity contribution >= 4 is 22.4 Å². The minimum absolute atomic E-state index is 0.0497. The van der Waals surface area contributed by atoms with Crippen molar-refractivity contribution in [2.45, 2.75) is 37.6 Å². The van der Waals surface area contributed by atoms with Gasteiger partial charge in [-0.05, 0) is 37.0 Å². The minimum atomic E-state index is -5.00. The number of anilines is 2. The van der Waals surface area contributed by atoms with Crippen molar-refractivity contribution in [1.29, 1.82) is 5.26 Å². The molecule has 2 atom stereocenters. The van der Waals surface area contributed by atoms with Crippen LogP contribution in [0.2, 0.25) is 0 Å². The van der Waals surface area contributed by atoms with E-state index in [-0.39, 0.29) is 35.3 Å². The zero-order chi connectivity index (χ0) is 22.3. The average molecular weight is 435 g/mol. The number of aliphatic hydroxyl groups is 1. The van der Waals surface area contributed by atoms with Crippen LogP contribution in [0.5, 0.6) is 0 Å². The number of hydrogen-bond donors (Lipinski definition) is 3. The van der Waals surface area contributed by atoms with E-state index in [9.17, 15) is 32.7 Å². The molecule has 1 fully saturated rings. The lowest BCUT2D eigenvalue weighted by Crippen LogP contribution is -2.21. The van der Waals surface area contributed by atoms with Gasteiger partial charge in [-0.15, -0.1) is 0 Å². The first-order chi connectivity index (χ1) is 14.7. The van der Waals surface area contributed by atoms with Crippen molar-refractivity contribution in [3.8, 4) is 6.07 Å². The van der Waals surface area contributed by atoms with Gasteiger partial charge in [-0.1, -0.05) is 6.07 Å². The summed E-state index contributed by atoms with van der Waals surface area (Å²) in [5.74, 6) is -0.910. The largest absolute Gasteiger partial charge is 0.418 e. The van der Waals surface area contributed by atoms with Crippen molar-refractivity contribution < 1.29 is 22.7 Å². The number of benzene rings is 1. The molecular formula is C20H17F4N5O2. The fourth-order valence-electron chi connectivity index (χ4n) is 3.61. The second kappa shape index (κ2) is 7.70. The summed E-state index contributed by atoms with van der Waals surface area (Å²) in [6.45, 7) is 0. The summed E-state index contributed by atoms with van der Waals surface area (Å²) in [5.41, 5.74) is -0.826. The lowest BCUT2D eigenvalue weighted by Gasteiger charge is -2.16. The third-order valence-electron chi connectivity index (χ3n) is 5.28. The van der Waals surface area contributed by atoms with Crippen LogP contribution < -0.4 is 10.9 Å². The first-order valence-corrected chi connectivity index (χ1v) is 9.48. The molecule has 0 saturated heterocycles. The van der Waals surface area contributed by atoms with Gasteiger partial charge in [0.15, 0.2) is 11.9 Å². The maximum absolute atomic E-state index is 14.2. The fourth-order valence-corrected chi connectivity index (χ4v) is 3.61. The highest BCUT2D eigenvalue weighted by molar-refractivity contribution is 5.91. The molecule has 2 heterocycles. The summed E-state index contributed by atoms with van der Waals surface area (Å²) in [5, 5.41) is 25.9. The Kier molecular flexibility index (Phi) is 5.18. The van der Waals surface area contributed by atoms with Crippen LogP contribution in [-0.2, 0) is 0 Å². The lowest BCUT2D eigenvalue weighted by atomic mass is 10.1. The normalized spacial score (nSPS) is 16.1. The number of rotatable bonds is 6. The maximum atomic E-state index is 14.2. The van der Waals surface area contributed by atoms with E-state index in [0.717, 1.165) is 31.0 Å². The predicted octanol–water partition coefficient (Wildman–Crippen LogP) is 4.07. The van der Waals surface area contributed by atoms with Crippen molar-refractivity contribution in [3.63, 3.8) is 0 Å². The Labute approximate surface area is 172 Å². The summed E-state index contributed by atoms with van der Waals surface area (Å²) < 4.78 is 53.9. The van der Waals surface area contributed by atoms with Gasteiger partial charge in [0.05, 0.1) is 24.0 Å². The number of nitrogens with zero attached hydrogens (tertiary/aromatic N) is 3. The Balaban J connectivity index is 1.73. The number of pyridine rings is 1. The summed E-state index contributed by atoms with van der Waals surface area (Å²) in [7, 11) is 0. The molecule has 0 spiro atoms. The predicted molar refractivity (Wildman–Crippen MR) is 103 cm³/mol. The number of aromatic amines is 1. The third-order valence-corrected chi connectivity index (χ3v) is 5.28. The Morgan fingerprint density at radius 1 is 1.35 bits per heavy atom. The highest BCUT2D eigenvalue weighted by Gasteiger charge is 2.41. The number of aromatic nitrogens is 3. The van der Waals surface area contributed by atoms with Crippen LogP contribution in [0.4, 0.5) is 29.1 Å². The number of alkyl halides is 3. The molecule has 1 aliphatic rings. The summed E-state index contributed by atoms with van der Waals surface area (Å²) in [6.07, 6.45) is -4.42. The lowest BCUT2D eigenvalue weighted by molar-refractivity contribution is -0.207. The molecule has 11 heteroatoms. The van der Waals surface area contributed by atoms with Gasteiger partial charge >= 0.3 is 6.18 Å². The van der Waals surface area contributed by atoms with E-state index in [1.54, 1.807) is 10.7 Å². The standard InChI is InChI=1S/C20H17F4N5O2/c21-13-9-11(3-4-12(13)17(30)20(22,23)24)27-18-16-15(6-8-26-19(16)31)29(28-18)14(5-7-25)10-1-2-10/h3-4,6,8-10,14,17,30H,1-2,5H2,(H,26,31)(H,27,28)/t14?,17-/m0/s1. The van der Waals surface area contributed by atoms with Crippen molar-refractivity contribution in [1.82, 2.24) is 14.8 Å². The molecule has 1 saturated carbocycles. The Hall–Kier alpha value is -3.39. The van der Waals surface area contributed by atoms with Gasteiger partial charge in [0.25, 0.3) is 5.56 Å². The number of nitrogens with one attached hydrogen (secondary N) is 2. The molecule has 7 nitrogen and oxygen atoms in total. The number of fused-ring (bicyclic) bond motifs is 1. The highest BCUT2D eigenvalue weighted by Crippen LogP contribution is 2.43. The van der Waals surface area contributed by atoms with Gasteiger partial charge in [0, 0.05) is 17.4 Å². The van der Waals surface area contributed by atoms with Crippen LogP contribution in [0.15, 0.2) is 35.3 Å². The molecule has 3 N–H and O–H groups in total. The van der Waals surface area contributed by atoms with Crippen LogP contribution in [0.3, 0.4) is 0 Å². The molecule has 162 valence electrons. The van der Waals surface area contributed by atoms with Crippen molar-refractivity contribution in [2.24, 2.45) is 5.92 Å². The number of H-pyrrole nitrogens is 1. The summed E-state index contributed by atoms with van der Waals surface area (Å²) in [6, 6.07) is 6.31. The first-order valence-electron chi connectivity index (χ1n) is 9.48. The van der Waals surface area contributed by atoms with Gasteiger partial charge in [0.2, 0.25) is 0 Å².